The zero-order chi connectivity index (χ0) is 12.4. The number of nitrogens with two attached hydrogens (primary N) is 1. The fraction of sp³-hybridized carbons (Fsp3) is 0.250. The van der Waals surface area contributed by atoms with Crippen molar-refractivity contribution in [3.63, 3.8) is 0 Å². The van der Waals surface area contributed by atoms with Gasteiger partial charge in [0.25, 0.3) is 0 Å². The molecule has 0 bridgehead atoms. The van der Waals surface area contributed by atoms with E-state index in [-0.39, 0.29) is 6.79 Å². The molecule has 0 radical (unpaired) electrons. The number of ether oxygens (including phenoxy) is 2. The molecule has 5 nitrogen and oxygen atoms in total. The second-order valence-corrected chi connectivity index (χ2v) is 3.79. The molecule has 0 saturated heterocycles. The van der Waals surface area contributed by atoms with Crippen LogP contribution in [0.15, 0.2) is 24.3 Å². The van der Waals surface area contributed by atoms with Gasteiger partial charge < -0.3 is 20.3 Å². The standard InChI is InChI=1S/C12H13NO4/c1-7-4-10-11(17-6-16-10)5-8(7)9(13)2-3-12(14)15/h2-5,9H,6,13H2,1H3,(H,14,15)/b3-2+. The molecular formula is C12H13NO4. The topological polar surface area (TPSA) is 81.8 Å². The molecule has 0 amide bonds. The molecule has 90 valence electrons. The molecular weight excluding hydrogens is 222 g/mol. The number of carboxylic acid groups (broad SMARTS) is 1. The molecule has 0 aliphatic carbocycles. The minimum absolute atomic E-state index is 0.207. The molecule has 1 atom stereocenters. The Balaban J connectivity index is 2.29. The Morgan fingerprint density at radius 2 is 2.12 bits per heavy atom. The van der Waals surface area contributed by atoms with E-state index >= 15 is 0 Å². The lowest BCUT2D eigenvalue weighted by Gasteiger charge is -2.11. The highest BCUT2D eigenvalue weighted by atomic mass is 16.7. The number of carboxylic acids is 1. The zero-order valence-electron chi connectivity index (χ0n) is 9.34. The van der Waals surface area contributed by atoms with E-state index in [1.807, 2.05) is 13.0 Å². The van der Waals surface area contributed by atoms with Crippen LogP contribution in [-0.2, 0) is 4.79 Å². The van der Waals surface area contributed by atoms with Gasteiger partial charge in [-0.2, -0.15) is 0 Å². The zero-order valence-corrected chi connectivity index (χ0v) is 9.34. The Morgan fingerprint density at radius 1 is 1.47 bits per heavy atom. The van der Waals surface area contributed by atoms with E-state index in [9.17, 15) is 4.79 Å². The molecule has 1 aliphatic heterocycles. The molecule has 0 aromatic heterocycles. The lowest BCUT2D eigenvalue weighted by atomic mass is 10.0. The normalized spacial score (nSPS) is 15.2. The molecule has 5 heteroatoms. The first kappa shape index (κ1) is 11.5. The maximum Gasteiger partial charge on any atom is 0.328 e. The first-order chi connectivity index (χ1) is 8.08. The molecule has 1 aliphatic rings. The third-order valence-corrected chi connectivity index (χ3v) is 2.57. The van der Waals surface area contributed by atoms with Crippen LogP contribution in [0.1, 0.15) is 17.2 Å². The summed E-state index contributed by atoms with van der Waals surface area (Å²) in [6.07, 6.45) is 2.47. The van der Waals surface area contributed by atoms with Gasteiger partial charge in [0.05, 0.1) is 0 Å². The van der Waals surface area contributed by atoms with Gasteiger partial charge in [-0.05, 0) is 30.2 Å². The van der Waals surface area contributed by atoms with Gasteiger partial charge in [0.15, 0.2) is 11.5 Å². The van der Waals surface area contributed by atoms with Crippen molar-refractivity contribution >= 4 is 5.97 Å². The van der Waals surface area contributed by atoms with Gasteiger partial charge in [0.1, 0.15) is 0 Å². The minimum atomic E-state index is -1.01. The van der Waals surface area contributed by atoms with Crippen molar-refractivity contribution in [3.8, 4) is 11.5 Å². The van der Waals surface area contributed by atoms with E-state index in [2.05, 4.69) is 0 Å². The molecule has 1 heterocycles. The van der Waals surface area contributed by atoms with Crippen molar-refractivity contribution in [1.82, 2.24) is 0 Å². The van der Waals surface area contributed by atoms with Crippen LogP contribution in [0.4, 0.5) is 0 Å². The van der Waals surface area contributed by atoms with Crippen molar-refractivity contribution < 1.29 is 19.4 Å². The lowest BCUT2D eigenvalue weighted by molar-refractivity contribution is -0.131. The number of benzene rings is 1. The summed E-state index contributed by atoms with van der Waals surface area (Å²) in [5, 5.41) is 8.55. The molecule has 0 saturated carbocycles. The average Bonchev–Trinajstić information content (AvgIpc) is 2.71. The number of hydrogen-bond donors (Lipinski definition) is 2. The Kier molecular flexibility index (Phi) is 3.01. The Bertz CT molecular complexity index is 482. The predicted octanol–water partition coefficient (Wildman–Crippen LogP) is 1.36. The minimum Gasteiger partial charge on any atom is -0.478 e. The maximum absolute atomic E-state index is 10.4. The summed E-state index contributed by atoms with van der Waals surface area (Å²) >= 11 is 0. The van der Waals surface area contributed by atoms with Crippen molar-refractivity contribution in [2.24, 2.45) is 5.73 Å². The lowest BCUT2D eigenvalue weighted by Crippen LogP contribution is -2.09. The first-order valence-electron chi connectivity index (χ1n) is 5.15. The number of hydrogen-bond acceptors (Lipinski definition) is 4. The summed E-state index contributed by atoms with van der Waals surface area (Å²) < 4.78 is 10.5. The van der Waals surface area contributed by atoms with Crippen molar-refractivity contribution in [2.45, 2.75) is 13.0 Å². The summed E-state index contributed by atoms with van der Waals surface area (Å²) in [6.45, 7) is 2.10. The Labute approximate surface area is 98.4 Å². The highest BCUT2D eigenvalue weighted by Gasteiger charge is 2.17. The van der Waals surface area contributed by atoms with Crippen molar-refractivity contribution in [3.05, 3.63) is 35.4 Å². The van der Waals surface area contributed by atoms with Crippen LogP contribution in [0.2, 0.25) is 0 Å². The average molecular weight is 235 g/mol. The fourth-order valence-corrected chi connectivity index (χ4v) is 1.71. The SMILES string of the molecule is Cc1cc2c(cc1C(N)/C=C/C(=O)O)OCO2. The second-order valence-electron chi connectivity index (χ2n) is 3.79. The Morgan fingerprint density at radius 3 is 2.76 bits per heavy atom. The number of aryl methyl sites for hydroxylation is 1. The van der Waals surface area contributed by atoms with Crippen molar-refractivity contribution in [2.75, 3.05) is 6.79 Å². The number of rotatable bonds is 3. The fourth-order valence-electron chi connectivity index (χ4n) is 1.71. The predicted molar refractivity (Wildman–Crippen MR) is 61.0 cm³/mol. The number of carbonyl (C=O) groups is 1. The third-order valence-electron chi connectivity index (χ3n) is 2.57. The molecule has 0 spiro atoms. The highest BCUT2D eigenvalue weighted by Crippen LogP contribution is 2.36. The van der Waals surface area contributed by atoms with Crippen LogP contribution in [-0.4, -0.2) is 17.9 Å². The maximum atomic E-state index is 10.4. The molecule has 3 N–H and O–H groups in total. The van der Waals surface area contributed by atoms with E-state index in [4.69, 9.17) is 20.3 Å². The summed E-state index contributed by atoms with van der Waals surface area (Å²) in [7, 11) is 0. The van der Waals surface area contributed by atoms with Gasteiger partial charge in [-0.1, -0.05) is 6.08 Å². The van der Waals surface area contributed by atoms with Crippen LogP contribution in [0.5, 0.6) is 11.5 Å². The first-order valence-corrected chi connectivity index (χ1v) is 5.15. The van der Waals surface area contributed by atoms with Gasteiger partial charge >= 0.3 is 5.97 Å². The van der Waals surface area contributed by atoms with Gasteiger partial charge in [-0.25, -0.2) is 4.79 Å². The monoisotopic (exact) mass is 235 g/mol. The summed E-state index contributed by atoms with van der Waals surface area (Å²) in [4.78, 5) is 10.4. The van der Waals surface area contributed by atoms with Gasteiger partial charge in [-0.3, -0.25) is 0 Å². The molecule has 17 heavy (non-hydrogen) atoms. The van der Waals surface area contributed by atoms with Crippen LogP contribution in [0.3, 0.4) is 0 Å². The van der Waals surface area contributed by atoms with Crippen LogP contribution < -0.4 is 15.2 Å². The van der Waals surface area contributed by atoms with E-state index < -0.39 is 12.0 Å². The third kappa shape index (κ3) is 2.39. The van der Waals surface area contributed by atoms with Crippen molar-refractivity contribution in [1.29, 1.82) is 0 Å². The quantitative estimate of drug-likeness (QED) is 0.773. The number of aliphatic carboxylic acids is 1. The van der Waals surface area contributed by atoms with Gasteiger partial charge in [0.2, 0.25) is 6.79 Å². The largest absolute Gasteiger partial charge is 0.478 e. The van der Waals surface area contributed by atoms with Gasteiger partial charge in [0, 0.05) is 12.1 Å². The summed E-state index contributed by atoms with van der Waals surface area (Å²) in [5.74, 6) is 0.323. The van der Waals surface area contributed by atoms with E-state index in [0.717, 1.165) is 17.2 Å². The second kappa shape index (κ2) is 4.47. The van der Waals surface area contributed by atoms with E-state index in [1.54, 1.807) is 6.07 Å². The highest BCUT2D eigenvalue weighted by molar-refractivity contribution is 5.79. The molecule has 2 rings (SSSR count). The molecule has 1 aromatic rings. The van der Waals surface area contributed by atoms with E-state index in [1.165, 1.54) is 6.08 Å². The summed E-state index contributed by atoms with van der Waals surface area (Å²) in [5.41, 5.74) is 7.66. The van der Waals surface area contributed by atoms with Crippen LogP contribution >= 0.6 is 0 Å². The van der Waals surface area contributed by atoms with Crippen LogP contribution in [0, 0.1) is 6.92 Å². The van der Waals surface area contributed by atoms with E-state index in [0.29, 0.717) is 11.5 Å². The number of fused-ring (bicyclic) bond motifs is 1. The molecule has 0 fully saturated rings. The Hall–Kier alpha value is -2.01. The van der Waals surface area contributed by atoms with Gasteiger partial charge in [-0.15, -0.1) is 0 Å². The smallest absolute Gasteiger partial charge is 0.328 e. The summed E-state index contributed by atoms with van der Waals surface area (Å²) in [6, 6.07) is 3.15. The molecule has 1 aromatic carbocycles. The molecule has 1 unspecified atom stereocenters. The van der Waals surface area contributed by atoms with Crippen LogP contribution in [0.25, 0.3) is 0 Å².